The number of rotatable bonds is 40. The molecule has 0 aliphatic heterocycles. The number of amides is 1. The zero-order valence-electron chi connectivity index (χ0n) is 34.7. The van der Waals surface area contributed by atoms with E-state index >= 15 is 0 Å². The number of allylic oxidation sites excluding steroid dienone is 4. The number of unbranched alkanes of at least 4 members (excludes halogenated alkanes) is 24. The van der Waals surface area contributed by atoms with Crippen molar-refractivity contribution >= 4 is 11.9 Å². The van der Waals surface area contributed by atoms with Crippen molar-refractivity contribution in [3.05, 3.63) is 24.3 Å². The Kier molecular flexibility index (Phi) is 39.2. The number of nitrogens with one attached hydrogen (secondary N) is 1. The molecule has 0 aromatic heterocycles. The Hall–Kier alpha value is -1.66. The number of carbonyl (C=O) groups is 2. The second-order valence-electron chi connectivity index (χ2n) is 15.5. The lowest BCUT2D eigenvalue weighted by Gasteiger charge is -2.24. The molecule has 0 saturated carbocycles. The topological polar surface area (TPSA) is 95.9 Å². The van der Waals surface area contributed by atoms with Crippen LogP contribution in [0.3, 0.4) is 0 Å². The van der Waals surface area contributed by atoms with E-state index in [1.54, 1.807) is 0 Å². The third kappa shape index (κ3) is 35.4. The molecule has 3 N–H and O–H groups in total. The van der Waals surface area contributed by atoms with Crippen molar-refractivity contribution in [2.24, 2.45) is 0 Å². The molecular formula is C46H87NO5. The van der Waals surface area contributed by atoms with Gasteiger partial charge >= 0.3 is 5.97 Å². The molecule has 0 spiro atoms. The van der Waals surface area contributed by atoms with E-state index in [2.05, 4.69) is 50.4 Å². The lowest BCUT2D eigenvalue weighted by Crippen LogP contribution is -2.46. The van der Waals surface area contributed by atoms with Gasteiger partial charge in [0.15, 0.2) is 0 Å². The fourth-order valence-electron chi connectivity index (χ4n) is 6.81. The molecule has 0 aliphatic carbocycles. The van der Waals surface area contributed by atoms with Gasteiger partial charge in [-0.25, -0.2) is 0 Å². The molecule has 3 unspecified atom stereocenters. The number of hydrogen-bond donors (Lipinski definition) is 3. The van der Waals surface area contributed by atoms with Crippen LogP contribution in [-0.2, 0) is 14.3 Å². The number of hydrogen-bond acceptors (Lipinski definition) is 5. The quantitative estimate of drug-likeness (QED) is 0.0331. The first-order valence-electron chi connectivity index (χ1n) is 22.6. The second kappa shape index (κ2) is 40.5. The van der Waals surface area contributed by atoms with E-state index in [0.717, 1.165) is 70.6 Å². The summed E-state index contributed by atoms with van der Waals surface area (Å²) in [7, 11) is 0. The molecule has 0 saturated heterocycles. The van der Waals surface area contributed by atoms with Crippen LogP contribution in [0.2, 0.25) is 0 Å². The molecule has 52 heavy (non-hydrogen) atoms. The Balaban J connectivity index is 4.61. The highest BCUT2D eigenvalue weighted by Gasteiger charge is 2.24. The summed E-state index contributed by atoms with van der Waals surface area (Å²) in [6, 6.07) is -0.698. The van der Waals surface area contributed by atoms with E-state index in [4.69, 9.17) is 4.74 Å². The molecule has 0 bridgehead atoms. The van der Waals surface area contributed by atoms with Gasteiger partial charge in [-0.1, -0.05) is 186 Å². The molecule has 0 heterocycles. The zero-order valence-corrected chi connectivity index (χ0v) is 34.7. The maximum Gasteiger partial charge on any atom is 0.306 e. The highest BCUT2D eigenvalue weighted by molar-refractivity contribution is 5.77. The maximum absolute atomic E-state index is 13.1. The van der Waals surface area contributed by atoms with Crippen LogP contribution in [0, 0.1) is 0 Å². The van der Waals surface area contributed by atoms with Gasteiger partial charge in [-0.3, -0.25) is 9.59 Å². The Morgan fingerprint density at radius 3 is 1.50 bits per heavy atom. The van der Waals surface area contributed by atoms with Crippen LogP contribution in [0.15, 0.2) is 24.3 Å². The van der Waals surface area contributed by atoms with Gasteiger partial charge in [0.25, 0.3) is 0 Å². The predicted molar refractivity (Wildman–Crippen MR) is 223 cm³/mol. The summed E-state index contributed by atoms with van der Waals surface area (Å²) in [5.74, 6) is -0.485. The number of ether oxygens (including phenoxy) is 1. The Morgan fingerprint density at radius 2 is 0.981 bits per heavy atom. The fraction of sp³-hybridized carbons (Fsp3) is 0.870. The number of carbonyl (C=O) groups excluding carboxylic acids is 2. The molecule has 6 heteroatoms. The molecule has 6 nitrogen and oxygen atoms in total. The van der Waals surface area contributed by atoms with E-state index in [1.807, 2.05) is 0 Å². The van der Waals surface area contributed by atoms with Crippen LogP contribution < -0.4 is 5.32 Å². The zero-order chi connectivity index (χ0) is 38.2. The lowest BCUT2D eigenvalue weighted by molar-refractivity contribution is -0.151. The van der Waals surface area contributed by atoms with Crippen LogP contribution in [0.25, 0.3) is 0 Å². The summed E-state index contributed by atoms with van der Waals surface area (Å²) in [5.41, 5.74) is 0. The minimum atomic E-state index is -0.784. The molecule has 306 valence electrons. The Labute approximate surface area is 322 Å². The van der Waals surface area contributed by atoms with Gasteiger partial charge in [0.05, 0.1) is 25.2 Å². The summed E-state index contributed by atoms with van der Waals surface area (Å²) in [4.78, 5) is 25.9. The molecule has 0 radical (unpaired) electrons. The number of aliphatic hydroxyl groups excluding tert-OH is 2. The molecule has 0 rings (SSSR count). The molecule has 0 aliphatic rings. The number of aliphatic hydroxyl groups is 2. The van der Waals surface area contributed by atoms with Gasteiger partial charge in [-0.2, -0.15) is 0 Å². The van der Waals surface area contributed by atoms with Crippen molar-refractivity contribution < 1.29 is 24.5 Å². The average Bonchev–Trinajstić information content (AvgIpc) is 3.13. The Morgan fingerprint density at radius 1 is 0.558 bits per heavy atom. The smallest absolute Gasteiger partial charge is 0.306 e. The predicted octanol–water partition coefficient (Wildman–Crippen LogP) is 12.8. The van der Waals surface area contributed by atoms with Gasteiger partial charge < -0.3 is 20.3 Å². The lowest BCUT2D eigenvalue weighted by atomic mass is 10.0. The first-order chi connectivity index (χ1) is 25.5. The van der Waals surface area contributed by atoms with Crippen LogP contribution in [0.4, 0.5) is 0 Å². The van der Waals surface area contributed by atoms with E-state index in [1.165, 1.54) is 116 Å². The third-order valence-electron chi connectivity index (χ3n) is 10.3. The van der Waals surface area contributed by atoms with Crippen molar-refractivity contribution in [1.82, 2.24) is 5.32 Å². The normalized spacial score (nSPS) is 13.6. The van der Waals surface area contributed by atoms with Gasteiger partial charge in [0.1, 0.15) is 6.10 Å². The van der Waals surface area contributed by atoms with Gasteiger partial charge in [-0.15, -0.1) is 0 Å². The van der Waals surface area contributed by atoms with E-state index in [0.29, 0.717) is 19.3 Å². The van der Waals surface area contributed by atoms with Crippen molar-refractivity contribution in [3.63, 3.8) is 0 Å². The van der Waals surface area contributed by atoms with Gasteiger partial charge in [-0.05, 0) is 57.8 Å². The van der Waals surface area contributed by atoms with Crippen molar-refractivity contribution in [2.75, 3.05) is 6.61 Å². The summed E-state index contributed by atoms with van der Waals surface area (Å²) >= 11 is 0. The summed E-state index contributed by atoms with van der Waals surface area (Å²) in [6.07, 6.45) is 43.8. The minimum Gasteiger partial charge on any atom is -0.462 e. The summed E-state index contributed by atoms with van der Waals surface area (Å²) in [6.45, 7) is 6.41. The third-order valence-corrected chi connectivity index (χ3v) is 10.3. The maximum atomic E-state index is 13.1. The fourth-order valence-corrected chi connectivity index (χ4v) is 6.81. The molecule has 3 atom stereocenters. The standard InChI is InChI=1S/C46H87NO5/c1-4-7-10-13-16-19-20-21-22-23-24-27-28-31-34-37-42(52-46(51)39-36-33-30-26-18-15-12-9-6-3)40-45(50)47-43(41-48)44(49)38-35-32-29-25-17-14-11-8-5-2/h16,19,21-22,42-44,48-49H,4-15,17-18,20,23-41H2,1-3H3,(H,47,50)/b19-16-,22-21-. The monoisotopic (exact) mass is 734 g/mol. The van der Waals surface area contributed by atoms with E-state index in [-0.39, 0.29) is 24.9 Å². The highest BCUT2D eigenvalue weighted by atomic mass is 16.5. The van der Waals surface area contributed by atoms with Crippen LogP contribution >= 0.6 is 0 Å². The second-order valence-corrected chi connectivity index (χ2v) is 15.5. The molecule has 0 fully saturated rings. The largest absolute Gasteiger partial charge is 0.462 e. The van der Waals surface area contributed by atoms with Crippen LogP contribution in [-0.4, -0.2) is 46.9 Å². The van der Waals surface area contributed by atoms with Crippen molar-refractivity contribution in [1.29, 1.82) is 0 Å². The Bertz CT molecular complexity index is 828. The average molecular weight is 734 g/mol. The minimum absolute atomic E-state index is 0.0720. The first kappa shape index (κ1) is 50.3. The highest BCUT2D eigenvalue weighted by Crippen LogP contribution is 2.17. The summed E-state index contributed by atoms with van der Waals surface area (Å²) in [5, 5.41) is 23.5. The molecule has 0 aromatic rings. The molecular weight excluding hydrogens is 647 g/mol. The van der Waals surface area contributed by atoms with Crippen molar-refractivity contribution in [2.45, 2.75) is 251 Å². The van der Waals surface area contributed by atoms with E-state index < -0.39 is 18.2 Å². The van der Waals surface area contributed by atoms with E-state index in [9.17, 15) is 19.8 Å². The van der Waals surface area contributed by atoms with Crippen LogP contribution in [0.5, 0.6) is 0 Å². The van der Waals surface area contributed by atoms with Crippen LogP contribution in [0.1, 0.15) is 233 Å². The van der Waals surface area contributed by atoms with Gasteiger partial charge in [0.2, 0.25) is 5.91 Å². The first-order valence-corrected chi connectivity index (χ1v) is 22.6. The number of esters is 1. The van der Waals surface area contributed by atoms with Gasteiger partial charge in [0, 0.05) is 6.42 Å². The summed E-state index contributed by atoms with van der Waals surface area (Å²) < 4.78 is 5.88. The molecule has 0 aromatic carbocycles. The molecule has 1 amide bonds. The van der Waals surface area contributed by atoms with Crippen molar-refractivity contribution in [3.8, 4) is 0 Å². The SMILES string of the molecule is CCCCC/C=C\C/C=C\CCCCCCCC(CC(=O)NC(CO)C(O)CCCCCCCCCCC)OC(=O)CCCCCCCCCCC.